The van der Waals surface area contributed by atoms with Gasteiger partial charge >= 0.3 is 5.97 Å². The number of ether oxygens (including phenoxy) is 1. The Morgan fingerprint density at radius 3 is 2.60 bits per heavy atom. The van der Waals surface area contributed by atoms with Gasteiger partial charge in [0.2, 0.25) is 5.88 Å². The van der Waals surface area contributed by atoms with Crippen molar-refractivity contribution < 1.29 is 14.6 Å². The molecule has 5 heteroatoms. The molecular weight excluding hydrogens is 196 g/mol. The number of aliphatic carboxylic acids is 1. The minimum atomic E-state index is -0.913. The molecule has 0 bridgehead atoms. The fourth-order valence-corrected chi connectivity index (χ4v) is 1.02. The lowest BCUT2D eigenvalue weighted by atomic mass is 10.1. The van der Waals surface area contributed by atoms with E-state index in [-0.39, 0.29) is 6.10 Å². The first-order chi connectivity index (χ1) is 7.00. The SMILES string of the molecule is CC(C)Oc1cc(C(C)C(=O)O)ncn1. The highest BCUT2D eigenvalue weighted by Gasteiger charge is 2.16. The van der Waals surface area contributed by atoms with Gasteiger partial charge in [0.25, 0.3) is 0 Å². The molecule has 5 nitrogen and oxygen atoms in total. The Bertz CT molecular complexity index is 352. The largest absolute Gasteiger partial charge is 0.481 e. The van der Waals surface area contributed by atoms with E-state index in [1.807, 2.05) is 13.8 Å². The molecule has 0 aliphatic rings. The number of carboxylic acid groups (broad SMARTS) is 1. The molecule has 1 rings (SSSR count). The molecule has 1 aromatic rings. The van der Waals surface area contributed by atoms with Crippen LogP contribution in [0.3, 0.4) is 0 Å². The van der Waals surface area contributed by atoms with Gasteiger partial charge in [-0.05, 0) is 20.8 Å². The second-order valence-corrected chi connectivity index (χ2v) is 3.51. The molecule has 15 heavy (non-hydrogen) atoms. The summed E-state index contributed by atoms with van der Waals surface area (Å²) in [5.74, 6) is -1.16. The van der Waals surface area contributed by atoms with Gasteiger partial charge in [-0.3, -0.25) is 4.79 Å². The van der Waals surface area contributed by atoms with E-state index in [0.29, 0.717) is 11.6 Å². The normalized spacial score (nSPS) is 12.5. The highest BCUT2D eigenvalue weighted by Crippen LogP contribution is 2.16. The number of hydrogen-bond donors (Lipinski definition) is 1. The molecule has 0 spiro atoms. The average Bonchev–Trinajstić information content (AvgIpc) is 2.16. The third-order valence-electron chi connectivity index (χ3n) is 1.83. The molecule has 1 heterocycles. The van der Waals surface area contributed by atoms with Crippen molar-refractivity contribution in [2.45, 2.75) is 32.8 Å². The van der Waals surface area contributed by atoms with Crippen LogP contribution in [0.1, 0.15) is 32.4 Å². The van der Waals surface area contributed by atoms with Crippen molar-refractivity contribution >= 4 is 5.97 Å². The van der Waals surface area contributed by atoms with Gasteiger partial charge in [-0.1, -0.05) is 0 Å². The second-order valence-electron chi connectivity index (χ2n) is 3.51. The van der Waals surface area contributed by atoms with Crippen LogP contribution in [0, 0.1) is 0 Å². The van der Waals surface area contributed by atoms with Crippen LogP contribution in [0.4, 0.5) is 0 Å². The standard InChI is InChI=1S/C10H14N2O3/c1-6(2)15-9-4-8(11-5-12-9)7(3)10(13)14/h4-7H,1-3H3,(H,13,14). The van der Waals surface area contributed by atoms with Crippen LogP contribution >= 0.6 is 0 Å². The van der Waals surface area contributed by atoms with Gasteiger partial charge < -0.3 is 9.84 Å². The van der Waals surface area contributed by atoms with Crippen LogP contribution in [0.2, 0.25) is 0 Å². The molecule has 1 N–H and O–H groups in total. The van der Waals surface area contributed by atoms with Gasteiger partial charge in [0.15, 0.2) is 0 Å². The summed E-state index contributed by atoms with van der Waals surface area (Å²) in [7, 11) is 0. The molecule has 0 aromatic carbocycles. The lowest BCUT2D eigenvalue weighted by Crippen LogP contribution is -2.11. The van der Waals surface area contributed by atoms with Crippen molar-refractivity contribution in [1.82, 2.24) is 9.97 Å². The van der Waals surface area contributed by atoms with Gasteiger partial charge in [0, 0.05) is 6.07 Å². The predicted octanol–water partition coefficient (Wildman–Crippen LogP) is 1.45. The van der Waals surface area contributed by atoms with Crippen molar-refractivity contribution in [1.29, 1.82) is 0 Å². The molecule has 1 aromatic heterocycles. The molecule has 0 saturated carbocycles. The molecule has 0 amide bonds. The van der Waals surface area contributed by atoms with E-state index in [1.165, 1.54) is 6.33 Å². The molecule has 0 aliphatic carbocycles. The highest BCUT2D eigenvalue weighted by molar-refractivity contribution is 5.74. The summed E-state index contributed by atoms with van der Waals surface area (Å²) in [6.07, 6.45) is 1.32. The summed E-state index contributed by atoms with van der Waals surface area (Å²) < 4.78 is 5.34. The minimum Gasteiger partial charge on any atom is -0.481 e. The molecule has 0 radical (unpaired) electrons. The Labute approximate surface area is 88.1 Å². The fraction of sp³-hybridized carbons (Fsp3) is 0.500. The zero-order chi connectivity index (χ0) is 11.4. The van der Waals surface area contributed by atoms with Gasteiger partial charge in [-0.2, -0.15) is 0 Å². The summed E-state index contributed by atoms with van der Waals surface area (Å²) in [6.45, 7) is 5.33. The fourth-order valence-electron chi connectivity index (χ4n) is 1.02. The first-order valence-corrected chi connectivity index (χ1v) is 4.72. The third-order valence-corrected chi connectivity index (χ3v) is 1.83. The summed E-state index contributed by atoms with van der Waals surface area (Å²) >= 11 is 0. The molecule has 82 valence electrons. The maximum atomic E-state index is 10.7. The molecule has 0 aliphatic heterocycles. The third kappa shape index (κ3) is 3.19. The van der Waals surface area contributed by atoms with Crippen LogP contribution in [-0.4, -0.2) is 27.1 Å². The second kappa shape index (κ2) is 4.72. The van der Waals surface area contributed by atoms with Crippen LogP contribution in [0.25, 0.3) is 0 Å². The van der Waals surface area contributed by atoms with E-state index in [9.17, 15) is 4.79 Å². The molecule has 1 atom stereocenters. The molecule has 0 saturated heterocycles. The Hall–Kier alpha value is -1.65. The topological polar surface area (TPSA) is 72.3 Å². The van der Waals surface area contributed by atoms with Crippen molar-refractivity contribution in [3.63, 3.8) is 0 Å². The van der Waals surface area contributed by atoms with Crippen LogP contribution < -0.4 is 4.74 Å². The number of aromatic nitrogens is 2. The lowest BCUT2D eigenvalue weighted by molar-refractivity contribution is -0.138. The van der Waals surface area contributed by atoms with Crippen molar-refractivity contribution in [3.05, 3.63) is 18.1 Å². The van der Waals surface area contributed by atoms with Gasteiger partial charge in [0.05, 0.1) is 17.7 Å². The quantitative estimate of drug-likeness (QED) is 0.814. The van der Waals surface area contributed by atoms with E-state index in [4.69, 9.17) is 9.84 Å². The van der Waals surface area contributed by atoms with Crippen molar-refractivity contribution in [2.24, 2.45) is 0 Å². The van der Waals surface area contributed by atoms with Crippen molar-refractivity contribution in [3.8, 4) is 5.88 Å². The number of rotatable bonds is 4. The summed E-state index contributed by atoms with van der Waals surface area (Å²) in [4.78, 5) is 18.5. The number of nitrogens with zero attached hydrogens (tertiary/aromatic N) is 2. The van der Waals surface area contributed by atoms with E-state index < -0.39 is 11.9 Å². The van der Waals surface area contributed by atoms with Gasteiger partial charge in [-0.15, -0.1) is 0 Å². The average molecular weight is 210 g/mol. The van der Waals surface area contributed by atoms with E-state index >= 15 is 0 Å². The summed E-state index contributed by atoms with van der Waals surface area (Å²) in [5.41, 5.74) is 0.452. The van der Waals surface area contributed by atoms with Crippen LogP contribution in [-0.2, 0) is 4.79 Å². The first kappa shape index (κ1) is 11.4. The molecule has 1 unspecified atom stereocenters. The van der Waals surface area contributed by atoms with E-state index in [1.54, 1.807) is 13.0 Å². The smallest absolute Gasteiger partial charge is 0.312 e. The zero-order valence-corrected chi connectivity index (χ0v) is 8.97. The van der Waals surface area contributed by atoms with Crippen molar-refractivity contribution in [2.75, 3.05) is 0 Å². The molecule has 0 fully saturated rings. The first-order valence-electron chi connectivity index (χ1n) is 4.72. The Kier molecular flexibility index (Phi) is 3.60. The van der Waals surface area contributed by atoms with Crippen LogP contribution in [0.5, 0.6) is 5.88 Å². The minimum absolute atomic E-state index is 0.00730. The van der Waals surface area contributed by atoms with Gasteiger partial charge in [-0.25, -0.2) is 9.97 Å². The number of carbonyl (C=O) groups is 1. The summed E-state index contributed by atoms with van der Waals surface area (Å²) in [5, 5.41) is 8.81. The predicted molar refractivity (Wildman–Crippen MR) is 53.8 cm³/mol. The Balaban J connectivity index is 2.87. The van der Waals surface area contributed by atoms with E-state index in [2.05, 4.69) is 9.97 Å². The zero-order valence-electron chi connectivity index (χ0n) is 8.97. The Morgan fingerprint density at radius 2 is 2.07 bits per heavy atom. The monoisotopic (exact) mass is 210 g/mol. The maximum absolute atomic E-state index is 10.7. The molecular formula is C10H14N2O3. The van der Waals surface area contributed by atoms with Crippen LogP contribution in [0.15, 0.2) is 12.4 Å². The van der Waals surface area contributed by atoms with Gasteiger partial charge in [0.1, 0.15) is 6.33 Å². The lowest BCUT2D eigenvalue weighted by Gasteiger charge is -2.10. The number of carboxylic acids is 1. The van der Waals surface area contributed by atoms with E-state index in [0.717, 1.165) is 0 Å². The number of hydrogen-bond acceptors (Lipinski definition) is 4. The summed E-state index contributed by atoms with van der Waals surface area (Å²) in [6, 6.07) is 1.55. The highest BCUT2D eigenvalue weighted by atomic mass is 16.5. The Morgan fingerprint density at radius 1 is 1.40 bits per heavy atom. The maximum Gasteiger partial charge on any atom is 0.312 e.